The summed E-state index contributed by atoms with van der Waals surface area (Å²) in [5.74, 6) is -0.613. The SMILES string of the molecule is Nc1cccc(S(=O)(=O)CCOS(=O)(=O)[O-])c1.[Na+]. The minimum Gasteiger partial charge on any atom is -0.726 e. The average Bonchev–Trinajstić information content (AvgIpc) is 2.15. The van der Waals surface area contributed by atoms with Gasteiger partial charge in [0.1, 0.15) is 0 Å². The fourth-order valence-electron chi connectivity index (χ4n) is 1.07. The normalized spacial score (nSPS) is 11.8. The Hall–Kier alpha value is -0.160. The van der Waals surface area contributed by atoms with E-state index >= 15 is 0 Å². The van der Waals surface area contributed by atoms with Gasteiger partial charge < -0.3 is 10.3 Å². The molecule has 0 atom stereocenters. The summed E-state index contributed by atoms with van der Waals surface area (Å²) in [4.78, 5) is -0.0515. The number of hydrogen-bond donors (Lipinski definition) is 1. The van der Waals surface area contributed by atoms with Crippen LogP contribution in [0.1, 0.15) is 0 Å². The molecule has 96 valence electrons. The minimum absolute atomic E-state index is 0. The van der Waals surface area contributed by atoms with Crippen molar-refractivity contribution in [3.8, 4) is 0 Å². The summed E-state index contributed by atoms with van der Waals surface area (Å²) in [7, 11) is -8.59. The first kappa shape index (κ1) is 17.8. The second-order valence-corrected chi connectivity index (χ2v) is 6.28. The maximum Gasteiger partial charge on any atom is 1.00 e. The van der Waals surface area contributed by atoms with E-state index in [4.69, 9.17) is 5.73 Å². The third kappa shape index (κ3) is 6.14. The molecule has 7 nitrogen and oxygen atoms in total. The summed E-state index contributed by atoms with van der Waals surface area (Å²) in [6.07, 6.45) is 0. The van der Waals surface area contributed by atoms with Gasteiger partial charge in [0.15, 0.2) is 9.84 Å². The summed E-state index contributed by atoms with van der Waals surface area (Å²) in [5, 5.41) is 0. The van der Waals surface area contributed by atoms with Crippen molar-refractivity contribution >= 4 is 25.9 Å². The number of sulfone groups is 1. The van der Waals surface area contributed by atoms with E-state index in [-0.39, 0.29) is 40.1 Å². The molecule has 0 aliphatic heterocycles. The number of hydrogen-bond acceptors (Lipinski definition) is 7. The molecule has 0 amide bonds. The van der Waals surface area contributed by atoms with Crippen molar-refractivity contribution in [1.82, 2.24) is 0 Å². The van der Waals surface area contributed by atoms with E-state index in [2.05, 4.69) is 4.18 Å². The van der Waals surface area contributed by atoms with Crippen molar-refractivity contribution in [3.05, 3.63) is 24.3 Å². The number of nitrogen functional groups attached to an aromatic ring is 1. The monoisotopic (exact) mass is 303 g/mol. The van der Waals surface area contributed by atoms with Crippen LogP contribution in [0, 0.1) is 0 Å². The molecule has 18 heavy (non-hydrogen) atoms. The Bertz CT molecular complexity index is 598. The van der Waals surface area contributed by atoms with Gasteiger partial charge in [-0.1, -0.05) is 6.07 Å². The van der Waals surface area contributed by atoms with E-state index in [0.29, 0.717) is 0 Å². The zero-order valence-corrected chi connectivity index (χ0v) is 13.2. The number of benzene rings is 1. The number of nitrogens with two attached hydrogens (primary N) is 1. The van der Waals surface area contributed by atoms with E-state index in [9.17, 15) is 21.4 Å². The van der Waals surface area contributed by atoms with Gasteiger partial charge in [-0.15, -0.1) is 0 Å². The van der Waals surface area contributed by atoms with Crippen molar-refractivity contribution in [2.45, 2.75) is 4.90 Å². The van der Waals surface area contributed by atoms with Crippen LogP contribution in [0.25, 0.3) is 0 Å². The molecular weight excluding hydrogens is 293 g/mol. The zero-order chi connectivity index (χ0) is 13.1. The van der Waals surface area contributed by atoms with Crippen LogP contribution in [0.15, 0.2) is 29.2 Å². The second-order valence-electron chi connectivity index (χ2n) is 3.12. The first-order chi connectivity index (χ1) is 7.71. The molecule has 0 bridgehead atoms. The Balaban J connectivity index is 0.00000289. The Morgan fingerprint density at radius 1 is 1.22 bits per heavy atom. The Kier molecular flexibility index (Phi) is 6.79. The first-order valence-electron chi connectivity index (χ1n) is 4.39. The van der Waals surface area contributed by atoms with Crippen LogP contribution in [0.5, 0.6) is 0 Å². The molecule has 0 fully saturated rings. The Labute approximate surface area is 127 Å². The summed E-state index contributed by atoms with van der Waals surface area (Å²) in [6.45, 7) is -0.719. The Morgan fingerprint density at radius 2 is 1.83 bits per heavy atom. The summed E-state index contributed by atoms with van der Waals surface area (Å²) < 4.78 is 57.4. The fraction of sp³-hybridized carbons (Fsp3) is 0.250. The molecule has 0 radical (unpaired) electrons. The van der Waals surface area contributed by atoms with Gasteiger partial charge in [0.2, 0.25) is 10.4 Å². The van der Waals surface area contributed by atoms with Gasteiger partial charge in [-0.05, 0) is 18.2 Å². The molecule has 1 aromatic rings. The van der Waals surface area contributed by atoms with Gasteiger partial charge in [-0.3, -0.25) is 4.18 Å². The molecule has 2 N–H and O–H groups in total. The summed E-state index contributed by atoms with van der Waals surface area (Å²) in [6, 6.07) is 5.52. The van der Waals surface area contributed by atoms with Gasteiger partial charge in [-0.25, -0.2) is 16.8 Å². The molecule has 0 saturated carbocycles. The van der Waals surface area contributed by atoms with E-state index in [1.165, 1.54) is 24.3 Å². The molecule has 0 aliphatic carbocycles. The second kappa shape index (κ2) is 6.85. The molecule has 0 aromatic heterocycles. The van der Waals surface area contributed by atoms with Gasteiger partial charge in [0, 0.05) is 5.69 Å². The zero-order valence-electron chi connectivity index (χ0n) is 9.57. The van der Waals surface area contributed by atoms with Crippen molar-refractivity contribution < 1.29 is 55.1 Å². The molecule has 0 spiro atoms. The number of rotatable bonds is 5. The predicted octanol–water partition coefficient (Wildman–Crippen LogP) is -3.48. The van der Waals surface area contributed by atoms with Crippen LogP contribution in [0.2, 0.25) is 0 Å². The first-order valence-corrected chi connectivity index (χ1v) is 7.38. The largest absolute Gasteiger partial charge is 1.00 e. The van der Waals surface area contributed by atoms with E-state index in [1.807, 2.05) is 0 Å². The molecule has 1 aromatic carbocycles. The van der Waals surface area contributed by atoms with Gasteiger partial charge in [0.25, 0.3) is 0 Å². The number of anilines is 1. The van der Waals surface area contributed by atoms with Gasteiger partial charge in [0.05, 0.1) is 17.3 Å². The summed E-state index contributed by atoms with van der Waals surface area (Å²) in [5.41, 5.74) is 5.68. The Morgan fingerprint density at radius 3 is 2.33 bits per heavy atom. The fourth-order valence-corrected chi connectivity index (χ4v) is 2.60. The quantitative estimate of drug-likeness (QED) is 0.259. The van der Waals surface area contributed by atoms with Crippen LogP contribution in [-0.2, 0) is 24.4 Å². The van der Waals surface area contributed by atoms with E-state index in [1.54, 1.807) is 0 Å². The molecule has 0 aliphatic rings. The van der Waals surface area contributed by atoms with E-state index in [0.717, 1.165) is 0 Å². The van der Waals surface area contributed by atoms with Crippen molar-refractivity contribution in [1.29, 1.82) is 0 Å². The third-order valence-corrected chi connectivity index (χ3v) is 3.93. The maximum absolute atomic E-state index is 11.6. The molecule has 10 heteroatoms. The molecular formula is C8H10NNaO6S2. The van der Waals surface area contributed by atoms with Crippen LogP contribution < -0.4 is 35.3 Å². The van der Waals surface area contributed by atoms with Crippen molar-refractivity contribution in [3.63, 3.8) is 0 Å². The van der Waals surface area contributed by atoms with Crippen LogP contribution in [0.4, 0.5) is 5.69 Å². The minimum atomic E-state index is -4.88. The van der Waals surface area contributed by atoms with Crippen molar-refractivity contribution in [2.75, 3.05) is 18.1 Å². The molecule has 0 unspecified atom stereocenters. The van der Waals surface area contributed by atoms with Gasteiger partial charge >= 0.3 is 29.6 Å². The van der Waals surface area contributed by atoms with Crippen LogP contribution in [0.3, 0.4) is 0 Å². The molecule has 1 rings (SSSR count). The maximum atomic E-state index is 11.6. The standard InChI is InChI=1S/C8H11NO6S2.Na/c9-7-2-1-3-8(6-7)16(10,11)5-4-15-17(12,13)14;/h1-3,6H,4-5,9H2,(H,12,13,14);/q;+1/p-1. The third-order valence-electron chi connectivity index (χ3n) is 1.80. The molecule has 0 heterocycles. The summed E-state index contributed by atoms with van der Waals surface area (Å²) >= 11 is 0. The van der Waals surface area contributed by atoms with Crippen molar-refractivity contribution in [2.24, 2.45) is 0 Å². The molecule has 0 saturated heterocycles. The van der Waals surface area contributed by atoms with Crippen LogP contribution >= 0.6 is 0 Å². The van der Waals surface area contributed by atoms with Gasteiger partial charge in [-0.2, -0.15) is 0 Å². The van der Waals surface area contributed by atoms with Crippen LogP contribution in [-0.4, -0.2) is 33.7 Å². The smallest absolute Gasteiger partial charge is 0.726 e. The topological polar surface area (TPSA) is 127 Å². The average molecular weight is 303 g/mol. The predicted molar refractivity (Wildman–Crippen MR) is 58.6 cm³/mol. The van der Waals surface area contributed by atoms with E-state index < -0.39 is 32.6 Å².